The third-order valence-electron chi connectivity index (χ3n) is 1.64. The number of hydrogen-bond acceptors (Lipinski definition) is 3. The van der Waals surface area contributed by atoms with E-state index in [1.54, 1.807) is 19.1 Å². The van der Waals surface area contributed by atoms with Gasteiger partial charge in [-0.3, -0.25) is 4.57 Å². The molecular formula is C10H12FO3P. The molecule has 5 heteroatoms. The first-order valence-electron chi connectivity index (χ1n) is 4.46. The first kappa shape index (κ1) is 12.0. The Bertz CT molecular complexity index is 386. The fourth-order valence-corrected chi connectivity index (χ4v) is 1.77. The fraction of sp³-hybridized carbons (Fsp3) is 0.200. The molecule has 15 heavy (non-hydrogen) atoms. The van der Waals surface area contributed by atoms with Gasteiger partial charge in [0.25, 0.3) is 0 Å². The first-order chi connectivity index (χ1) is 7.03. The van der Waals surface area contributed by atoms with Gasteiger partial charge in [-0.1, -0.05) is 12.1 Å². The molecule has 1 aromatic rings. The molecule has 0 amide bonds. The molecule has 1 aromatic carbocycles. The Morgan fingerprint density at radius 3 is 2.60 bits per heavy atom. The number of rotatable bonds is 4. The van der Waals surface area contributed by atoms with Gasteiger partial charge in [0.1, 0.15) is 5.75 Å². The van der Waals surface area contributed by atoms with Crippen molar-refractivity contribution >= 4 is 13.8 Å². The van der Waals surface area contributed by atoms with Crippen LogP contribution in [-0.2, 0) is 9.09 Å². The van der Waals surface area contributed by atoms with E-state index in [0.29, 0.717) is 5.56 Å². The van der Waals surface area contributed by atoms with Gasteiger partial charge in [0, 0.05) is 5.82 Å². The summed E-state index contributed by atoms with van der Waals surface area (Å²) in [6.45, 7) is 1.63. The summed E-state index contributed by atoms with van der Waals surface area (Å²) in [7, 11) is -4.11. The van der Waals surface area contributed by atoms with E-state index in [9.17, 15) is 8.76 Å². The Hall–Kier alpha value is -1.12. The van der Waals surface area contributed by atoms with Gasteiger partial charge in [-0.25, -0.2) is 0 Å². The summed E-state index contributed by atoms with van der Waals surface area (Å²) in [6.07, 6.45) is 1.36. The smallest absolute Gasteiger partial charge is 0.390 e. The topological polar surface area (TPSA) is 46.5 Å². The number of benzene rings is 1. The van der Waals surface area contributed by atoms with Gasteiger partial charge in [-0.2, -0.15) is 4.20 Å². The van der Waals surface area contributed by atoms with E-state index in [0.717, 1.165) is 5.82 Å². The number of hydrogen-bond donors (Lipinski definition) is 1. The lowest BCUT2D eigenvalue weighted by atomic mass is 10.2. The van der Waals surface area contributed by atoms with E-state index in [1.165, 1.54) is 18.2 Å². The molecule has 0 aromatic heterocycles. The molecule has 0 fully saturated rings. The van der Waals surface area contributed by atoms with Crippen LogP contribution >= 0.6 is 7.68 Å². The summed E-state index contributed by atoms with van der Waals surface area (Å²) in [5, 5.41) is 8.99. The fourth-order valence-electron chi connectivity index (χ4n) is 0.980. The van der Waals surface area contributed by atoms with E-state index >= 15 is 0 Å². The van der Waals surface area contributed by atoms with E-state index < -0.39 is 7.68 Å². The maximum absolute atomic E-state index is 13.1. The first-order valence-corrected chi connectivity index (χ1v) is 6.04. The van der Waals surface area contributed by atoms with Gasteiger partial charge >= 0.3 is 7.68 Å². The van der Waals surface area contributed by atoms with Crippen molar-refractivity contribution in [2.24, 2.45) is 0 Å². The molecule has 1 atom stereocenters. The summed E-state index contributed by atoms with van der Waals surface area (Å²) < 4.78 is 28.5. The van der Waals surface area contributed by atoms with E-state index in [-0.39, 0.29) is 12.4 Å². The molecule has 0 bridgehead atoms. The molecule has 0 aliphatic carbocycles. The second-order valence-electron chi connectivity index (χ2n) is 2.85. The summed E-state index contributed by atoms with van der Waals surface area (Å²) in [4.78, 5) is 0. The second-order valence-corrected chi connectivity index (χ2v) is 4.44. The van der Waals surface area contributed by atoms with Crippen molar-refractivity contribution in [2.45, 2.75) is 6.92 Å². The highest BCUT2D eigenvalue weighted by Gasteiger charge is 2.15. The van der Waals surface area contributed by atoms with Crippen LogP contribution in [0.1, 0.15) is 12.5 Å². The molecule has 0 aliphatic heterocycles. The minimum atomic E-state index is -4.11. The predicted molar refractivity (Wildman–Crippen MR) is 57.5 cm³/mol. The molecule has 1 unspecified atom stereocenters. The molecule has 0 radical (unpaired) electrons. The van der Waals surface area contributed by atoms with Crippen molar-refractivity contribution in [3.05, 3.63) is 35.6 Å². The second kappa shape index (κ2) is 5.10. The van der Waals surface area contributed by atoms with E-state index in [4.69, 9.17) is 5.11 Å². The third kappa shape index (κ3) is 4.28. The molecule has 1 rings (SSSR count). The Morgan fingerprint density at radius 1 is 1.47 bits per heavy atom. The number of halogens is 1. The van der Waals surface area contributed by atoms with Gasteiger partial charge in [0.2, 0.25) is 0 Å². The van der Waals surface area contributed by atoms with Gasteiger partial charge in [-0.15, -0.1) is 0 Å². The molecule has 3 nitrogen and oxygen atoms in total. The highest BCUT2D eigenvalue weighted by atomic mass is 31.2. The SMILES string of the molecule is CCOP(=O)(F)/C=C/c1ccc(O)cc1. The molecule has 0 saturated carbocycles. The maximum atomic E-state index is 13.1. The van der Waals surface area contributed by atoms with Crippen LogP contribution in [0.15, 0.2) is 30.1 Å². The molecule has 0 aliphatic rings. The zero-order chi connectivity index (χ0) is 11.3. The standard InChI is InChI=1S/C10H12FO3P/c1-2-14-15(11,13)8-7-9-3-5-10(12)6-4-9/h3-8,12H,2H2,1H3/b8-7+. The number of phenols is 1. The van der Waals surface area contributed by atoms with Crippen molar-refractivity contribution in [1.29, 1.82) is 0 Å². The molecule has 0 heterocycles. The van der Waals surface area contributed by atoms with Crippen molar-refractivity contribution in [2.75, 3.05) is 6.61 Å². The van der Waals surface area contributed by atoms with Crippen LogP contribution in [0.5, 0.6) is 5.75 Å². The maximum Gasteiger partial charge on any atom is 0.390 e. The van der Waals surface area contributed by atoms with Crippen LogP contribution < -0.4 is 0 Å². The average Bonchev–Trinajstić information content (AvgIpc) is 2.17. The summed E-state index contributed by atoms with van der Waals surface area (Å²) in [6, 6.07) is 6.09. The lowest BCUT2D eigenvalue weighted by molar-refractivity contribution is 0.312. The molecule has 82 valence electrons. The molecular weight excluding hydrogens is 218 g/mol. The van der Waals surface area contributed by atoms with Crippen LogP contribution in [0, 0.1) is 0 Å². The number of aromatic hydroxyl groups is 1. The Balaban J connectivity index is 2.73. The van der Waals surface area contributed by atoms with Gasteiger partial charge in [0.05, 0.1) is 6.61 Å². The van der Waals surface area contributed by atoms with E-state index in [2.05, 4.69) is 4.52 Å². The Morgan fingerprint density at radius 2 is 2.07 bits per heavy atom. The highest BCUT2D eigenvalue weighted by Crippen LogP contribution is 2.50. The van der Waals surface area contributed by atoms with Crippen LogP contribution in [0.2, 0.25) is 0 Å². The van der Waals surface area contributed by atoms with Crippen molar-refractivity contribution in [1.82, 2.24) is 0 Å². The Kier molecular flexibility index (Phi) is 4.06. The van der Waals surface area contributed by atoms with Gasteiger partial charge < -0.3 is 9.63 Å². The van der Waals surface area contributed by atoms with E-state index in [1.807, 2.05) is 0 Å². The summed E-state index contributed by atoms with van der Waals surface area (Å²) in [5.41, 5.74) is 0.644. The summed E-state index contributed by atoms with van der Waals surface area (Å²) >= 11 is 0. The predicted octanol–water partition coefficient (Wildman–Crippen LogP) is 3.56. The average molecular weight is 230 g/mol. The largest absolute Gasteiger partial charge is 0.508 e. The van der Waals surface area contributed by atoms with Gasteiger partial charge in [0.15, 0.2) is 0 Å². The Labute approximate surface area is 87.8 Å². The highest BCUT2D eigenvalue weighted by molar-refractivity contribution is 7.57. The number of phenolic OH excluding ortho intramolecular Hbond substituents is 1. The zero-order valence-corrected chi connectivity index (χ0v) is 9.15. The van der Waals surface area contributed by atoms with Crippen LogP contribution in [0.3, 0.4) is 0 Å². The monoisotopic (exact) mass is 230 g/mol. The minimum absolute atomic E-state index is 0.0632. The molecule has 0 spiro atoms. The minimum Gasteiger partial charge on any atom is -0.508 e. The lowest BCUT2D eigenvalue weighted by Gasteiger charge is -2.01. The molecule has 1 N–H and O–H groups in total. The summed E-state index contributed by atoms with van der Waals surface area (Å²) in [5.74, 6) is 1.03. The van der Waals surface area contributed by atoms with Crippen LogP contribution in [-0.4, -0.2) is 11.7 Å². The van der Waals surface area contributed by atoms with Crippen LogP contribution in [0.4, 0.5) is 4.20 Å². The molecule has 0 saturated heterocycles. The zero-order valence-electron chi connectivity index (χ0n) is 8.26. The van der Waals surface area contributed by atoms with Crippen LogP contribution in [0.25, 0.3) is 6.08 Å². The normalized spacial score (nSPS) is 15.3. The van der Waals surface area contributed by atoms with Crippen molar-refractivity contribution < 1.29 is 18.4 Å². The van der Waals surface area contributed by atoms with Crippen molar-refractivity contribution in [3.8, 4) is 5.75 Å². The van der Waals surface area contributed by atoms with Gasteiger partial charge in [-0.05, 0) is 30.7 Å². The third-order valence-corrected chi connectivity index (χ3v) is 2.76. The lowest BCUT2D eigenvalue weighted by Crippen LogP contribution is -1.80. The quantitative estimate of drug-likeness (QED) is 0.804. The van der Waals surface area contributed by atoms with Crippen molar-refractivity contribution in [3.63, 3.8) is 0 Å².